The van der Waals surface area contributed by atoms with Gasteiger partial charge in [-0.3, -0.25) is 4.79 Å². The van der Waals surface area contributed by atoms with Crippen LogP contribution in [-0.2, 0) is 0 Å². The van der Waals surface area contributed by atoms with Crippen LogP contribution in [0.15, 0.2) is 18.2 Å². The first kappa shape index (κ1) is 14.7. The molecule has 1 aliphatic carbocycles. The molecule has 1 aromatic rings. The molecule has 0 bridgehead atoms. The van der Waals surface area contributed by atoms with Crippen LogP contribution in [0.5, 0.6) is 0 Å². The third-order valence-corrected chi connectivity index (χ3v) is 4.31. The average molecular weight is 300 g/mol. The van der Waals surface area contributed by atoms with Gasteiger partial charge in [0.2, 0.25) is 0 Å². The SMILES string of the molecule is CC.CC1CC2CC2N1C(=O)c1ccc(Cl)cc1Cl. The number of halogens is 2. The van der Waals surface area contributed by atoms with Crippen LogP contribution in [0.2, 0.25) is 10.0 Å². The topological polar surface area (TPSA) is 20.3 Å². The lowest BCUT2D eigenvalue weighted by molar-refractivity contribution is 0.0713. The number of piperidine rings is 1. The first-order valence-corrected chi connectivity index (χ1v) is 7.61. The summed E-state index contributed by atoms with van der Waals surface area (Å²) >= 11 is 11.9. The fourth-order valence-electron chi connectivity index (χ4n) is 2.86. The van der Waals surface area contributed by atoms with Crippen molar-refractivity contribution in [1.82, 2.24) is 4.90 Å². The van der Waals surface area contributed by atoms with Gasteiger partial charge in [0, 0.05) is 17.1 Å². The van der Waals surface area contributed by atoms with Gasteiger partial charge in [-0.05, 0) is 43.9 Å². The smallest absolute Gasteiger partial charge is 0.255 e. The lowest BCUT2D eigenvalue weighted by atomic mass is 10.1. The highest BCUT2D eigenvalue weighted by atomic mass is 35.5. The van der Waals surface area contributed by atoms with Gasteiger partial charge in [0.05, 0.1) is 10.6 Å². The molecule has 2 aliphatic rings. The summed E-state index contributed by atoms with van der Waals surface area (Å²) in [6.45, 7) is 6.11. The molecule has 0 spiro atoms. The molecule has 1 aromatic carbocycles. The monoisotopic (exact) mass is 299 g/mol. The molecule has 1 saturated carbocycles. The maximum Gasteiger partial charge on any atom is 0.255 e. The predicted octanol–water partition coefficient (Wildman–Crippen LogP) is 4.64. The number of hydrogen-bond donors (Lipinski definition) is 0. The van der Waals surface area contributed by atoms with E-state index in [1.807, 2.05) is 18.7 Å². The van der Waals surface area contributed by atoms with Gasteiger partial charge < -0.3 is 4.90 Å². The van der Waals surface area contributed by atoms with Gasteiger partial charge in [-0.2, -0.15) is 0 Å². The molecule has 0 N–H and O–H groups in total. The second-order valence-corrected chi connectivity index (χ2v) is 5.83. The Labute approximate surface area is 124 Å². The van der Waals surface area contributed by atoms with E-state index >= 15 is 0 Å². The number of fused-ring (bicyclic) bond motifs is 1. The standard InChI is InChI=1S/C13H13Cl2NO.C2H6/c1-7-4-8-5-12(8)16(7)13(17)10-3-2-9(14)6-11(10)15;1-2/h2-3,6-8,12H,4-5H2,1H3;1-2H3. The Balaban J connectivity index is 0.000000637. The highest BCUT2D eigenvalue weighted by Crippen LogP contribution is 2.48. The second kappa shape index (κ2) is 5.72. The Morgan fingerprint density at radius 3 is 2.47 bits per heavy atom. The summed E-state index contributed by atoms with van der Waals surface area (Å²) in [6.07, 6.45) is 2.28. The number of benzene rings is 1. The normalized spacial score (nSPS) is 27.4. The van der Waals surface area contributed by atoms with Crippen molar-refractivity contribution >= 4 is 29.1 Å². The van der Waals surface area contributed by atoms with Gasteiger partial charge in [0.1, 0.15) is 0 Å². The average Bonchev–Trinajstić information content (AvgIpc) is 3.03. The summed E-state index contributed by atoms with van der Waals surface area (Å²) in [4.78, 5) is 14.4. The van der Waals surface area contributed by atoms with E-state index in [-0.39, 0.29) is 5.91 Å². The Kier molecular flexibility index (Phi) is 4.42. The van der Waals surface area contributed by atoms with Crippen LogP contribution in [0.3, 0.4) is 0 Å². The van der Waals surface area contributed by atoms with E-state index in [0.29, 0.717) is 27.7 Å². The molecule has 4 heteroatoms. The van der Waals surface area contributed by atoms with E-state index in [1.54, 1.807) is 18.2 Å². The number of amides is 1. The van der Waals surface area contributed by atoms with E-state index < -0.39 is 0 Å². The lowest BCUT2D eigenvalue weighted by Gasteiger charge is -2.25. The molecule has 3 unspecified atom stereocenters. The number of carbonyl (C=O) groups is 1. The summed E-state index contributed by atoms with van der Waals surface area (Å²) in [5, 5.41) is 1.00. The third-order valence-electron chi connectivity index (χ3n) is 3.76. The number of carbonyl (C=O) groups excluding carboxylic acids is 1. The molecule has 1 saturated heterocycles. The molecule has 0 radical (unpaired) electrons. The zero-order valence-corrected chi connectivity index (χ0v) is 13.0. The molecule has 19 heavy (non-hydrogen) atoms. The predicted molar refractivity (Wildman–Crippen MR) is 80.0 cm³/mol. The van der Waals surface area contributed by atoms with Crippen molar-refractivity contribution in [2.75, 3.05) is 0 Å². The molecule has 2 fully saturated rings. The fraction of sp³-hybridized carbons (Fsp3) is 0.533. The molecule has 3 rings (SSSR count). The van der Waals surface area contributed by atoms with Crippen molar-refractivity contribution in [3.05, 3.63) is 33.8 Å². The number of nitrogens with zero attached hydrogens (tertiary/aromatic N) is 1. The second-order valence-electron chi connectivity index (χ2n) is 4.98. The molecular formula is C15H19Cl2NO. The van der Waals surface area contributed by atoms with Crippen molar-refractivity contribution in [2.24, 2.45) is 5.92 Å². The van der Waals surface area contributed by atoms with E-state index in [0.717, 1.165) is 18.8 Å². The zero-order chi connectivity index (χ0) is 14.2. The van der Waals surface area contributed by atoms with E-state index in [4.69, 9.17) is 23.2 Å². The van der Waals surface area contributed by atoms with Crippen LogP contribution in [0.25, 0.3) is 0 Å². The molecular weight excluding hydrogens is 281 g/mol. The molecule has 0 aromatic heterocycles. The molecule has 1 aliphatic heterocycles. The van der Waals surface area contributed by atoms with Gasteiger partial charge in [0.15, 0.2) is 0 Å². The Hall–Kier alpha value is -0.730. The Morgan fingerprint density at radius 1 is 1.26 bits per heavy atom. The summed E-state index contributed by atoms with van der Waals surface area (Å²) in [5.41, 5.74) is 0.565. The van der Waals surface area contributed by atoms with Crippen molar-refractivity contribution in [3.63, 3.8) is 0 Å². The summed E-state index contributed by atoms with van der Waals surface area (Å²) in [5.74, 6) is 0.768. The maximum absolute atomic E-state index is 12.4. The Morgan fingerprint density at radius 2 is 1.95 bits per heavy atom. The van der Waals surface area contributed by atoms with Crippen LogP contribution < -0.4 is 0 Å². The Bertz CT molecular complexity index is 487. The van der Waals surface area contributed by atoms with Crippen LogP contribution in [0, 0.1) is 5.92 Å². The molecule has 1 heterocycles. The van der Waals surface area contributed by atoms with Crippen LogP contribution in [0.1, 0.15) is 44.0 Å². The van der Waals surface area contributed by atoms with Gasteiger partial charge in [0.25, 0.3) is 5.91 Å². The van der Waals surface area contributed by atoms with E-state index in [1.165, 1.54) is 0 Å². The number of rotatable bonds is 1. The highest BCUT2D eigenvalue weighted by molar-refractivity contribution is 6.36. The molecule has 104 valence electrons. The maximum atomic E-state index is 12.4. The van der Waals surface area contributed by atoms with Crippen molar-refractivity contribution in [1.29, 1.82) is 0 Å². The minimum Gasteiger partial charge on any atom is -0.333 e. The van der Waals surface area contributed by atoms with Gasteiger partial charge in [-0.15, -0.1) is 0 Å². The molecule has 1 amide bonds. The number of likely N-dealkylation sites (tertiary alicyclic amines) is 1. The van der Waals surface area contributed by atoms with Crippen molar-refractivity contribution in [2.45, 2.75) is 45.7 Å². The van der Waals surface area contributed by atoms with Crippen LogP contribution in [0.4, 0.5) is 0 Å². The van der Waals surface area contributed by atoms with E-state index in [9.17, 15) is 4.79 Å². The summed E-state index contributed by atoms with van der Waals surface area (Å²) in [6, 6.07) is 5.84. The summed E-state index contributed by atoms with van der Waals surface area (Å²) in [7, 11) is 0. The zero-order valence-electron chi connectivity index (χ0n) is 11.5. The molecule has 2 nitrogen and oxygen atoms in total. The number of hydrogen-bond acceptors (Lipinski definition) is 1. The first-order chi connectivity index (χ1) is 9.08. The first-order valence-electron chi connectivity index (χ1n) is 6.85. The van der Waals surface area contributed by atoms with Crippen molar-refractivity contribution in [3.8, 4) is 0 Å². The van der Waals surface area contributed by atoms with Crippen LogP contribution >= 0.6 is 23.2 Å². The van der Waals surface area contributed by atoms with Gasteiger partial charge >= 0.3 is 0 Å². The van der Waals surface area contributed by atoms with E-state index in [2.05, 4.69) is 6.92 Å². The minimum atomic E-state index is 0.0455. The quantitative estimate of drug-likeness (QED) is 0.739. The fourth-order valence-corrected chi connectivity index (χ4v) is 3.35. The van der Waals surface area contributed by atoms with Crippen molar-refractivity contribution < 1.29 is 4.79 Å². The lowest BCUT2D eigenvalue weighted by Crippen LogP contribution is -2.36. The third kappa shape index (κ3) is 2.75. The minimum absolute atomic E-state index is 0.0455. The van der Waals surface area contributed by atoms with Gasteiger partial charge in [-0.25, -0.2) is 0 Å². The largest absolute Gasteiger partial charge is 0.333 e. The summed E-state index contributed by atoms with van der Waals surface area (Å²) < 4.78 is 0. The molecule has 3 atom stereocenters. The van der Waals surface area contributed by atoms with Gasteiger partial charge in [-0.1, -0.05) is 37.0 Å². The van der Waals surface area contributed by atoms with Crippen LogP contribution in [-0.4, -0.2) is 22.9 Å². The highest BCUT2D eigenvalue weighted by Gasteiger charge is 2.52.